The number of carbonyl (C=O) groups excluding carboxylic acids is 1. The lowest BCUT2D eigenvalue weighted by Gasteiger charge is -2.17. The van der Waals surface area contributed by atoms with Crippen LogP contribution in [0.4, 0.5) is 10.5 Å². The zero-order valence-electron chi connectivity index (χ0n) is 12.9. The highest BCUT2D eigenvalue weighted by atomic mass is 16.3. The SMILES string of the molecule is CC(C)(C)c1ncc(NC(=O)NC[C@@H]2CCC[C@H]2O)cn1. The standard InChI is InChI=1S/C15H24N4O2/c1-15(2,3)13-16-8-11(9-17-13)19-14(21)18-7-10-5-4-6-12(10)20/h8-10,12,20H,4-7H2,1-3H3,(H2,18,19,21)/t10-,12+/m0/s1. The van der Waals surface area contributed by atoms with E-state index in [1.165, 1.54) is 0 Å². The van der Waals surface area contributed by atoms with E-state index in [1.807, 2.05) is 20.8 Å². The van der Waals surface area contributed by atoms with Crippen molar-refractivity contribution in [2.24, 2.45) is 5.92 Å². The molecule has 2 atom stereocenters. The summed E-state index contributed by atoms with van der Waals surface area (Å²) in [6.45, 7) is 6.60. The largest absolute Gasteiger partial charge is 0.393 e. The first kappa shape index (κ1) is 15.7. The van der Waals surface area contributed by atoms with Gasteiger partial charge in [0.15, 0.2) is 0 Å². The van der Waals surface area contributed by atoms with Crippen LogP contribution in [0, 0.1) is 5.92 Å². The van der Waals surface area contributed by atoms with Gasteiger partial charge in [-0.3, -0.25) is 0 Å². The first-order valence-electron chi connectivity index (χ1n) is 7.41. The Morgan fingerprint density at radius 1 is 1.33 bits per heavy atom. The third-order valence-electron chi connectivity index (χ3n) is 3.72. The minimum absolute atomic E-state index is 0.112. The molecule has 1 saturated carbocycles. The molecule has 3 N–H and O–H groups in total. The van der Waals surface area contributed by atoms with Crippen molar-refractivity contribution in [1.82, 2.24) is 15.3 Å². The molecule has 1 aliphatic rings. The van der Waals surface area contributed by atoms with Gasteiger partial charge in [-0.25, -0.2) is 14.8 Å². The summed E-state index contributed by atoms with van der Waals surface area (Å²) >= 11 is 0. The van der Waals surface area contributed by atoms with Crippen molar-refractivity contribution in [1.29, 1.82) is 0 Å². The van der Waals surface area contributed by atoms with Gasteiger partial charge in [0, 0.05) is 17.9 Å². The van der Waals surface area contributed by atoms with Gasteiger partial charge in [0.05, 0.1) is 24.2 Å². The molecular weight excluding hydrogens is 268 g/mol. The van der Waals surface area contributed by atoms with Gasteiger partial charge in [0.1, 0.15) is 5.82 Å². The highest BCUT2D eigenvalue weighted by molar-refractivity contribution is 5.88. The van der Waals surface area contributed by atoms with Crippen LogP contribution in [0.1, 0.15) is 45.9 Å². The minimum atomic E-state index is -0.292. The first-order chi connectivity index (χ1) is 9.86. The highest BCUT2D eigenvalue weighted by Gasteiger charge is 2.25. The summed E-state index contributed by atoms with van der Waals surface area (Å²) in [6, 6.07) is -0.291. The molecule has 0 unspecified atom stereocenters. The maximum atomic E-state index is 11.8. The molecule has 0 bridgehead atoms. The topological polar surface area (TPSA) is 87.1 Å². The molecule has 2 amide bonds. The lowest BCUT2D eigenvalue weighted by Crippen LogP contribution is -2.35. The van der Waals surface area contributed by atoms with Crippen molar-refractivity contribution in [3.05, 3.63) is 18.2 Å². The average Bonchev–Trinajstić information content (AvgIpc) is 2.81. The molecule has 6 heteroatoms. The molecule has 0 aliphatic heterocycles. The Morgan fingerprint density at radius 2 is 2.00 bits per heavy atom. The Bertz CT molecular complexity index is 481. The zero-order chi connectivity index (χ0) is 15.5. The van der Waals surface area contributed by atoms with E-state index in [0.29, 0.717) is 12.2 Å². The molecule has 0 saturated heterocycles. The van der Waals surface area contributed by atoms with E-state index in [4.69, 9.17) is 0 Å². The number of hydrogen-bond donors (Lipinski definition) is 3. The number of urea groups is 1. The molecule has 1 aromatic rings. The fourth-order valence-corrected chi connectivity index (χ4v) is 2.43. The van der Waals surface area contributed by atoms with E-state index in [9.17, 15) is 9.90 Å². The molecule has 1 aromatic heterocycles. The molecule has 0 radical (unpaired) electrons. The number of rotatable bonds is 3. The van der Waals surface area contributed by atoms with Crippen LogP contribution in [-0.2, 0) is 5.41 Å². The van der Waals surface area contributed by atoms with Crippen molar-refractivity contribution in [3.63, 3.8) is 0 Å². The van der Waals surface area contributed by atoms with E-state index in [-0.39, 0.29) is 23.5 Å². The van der Waals surface area contributed by atoms with E-state index in [0.717, 1.165) is 25.1 Å². The second kappa shape index (κ2) is 6.39. The summed E-state index contributed by atoms with van der Waals surface area (Å²) in [6.07, 6.45) is 5.74. The summed E-state index contributed by atoms with van der Waals surface area (Å²) < 4.78 is 0. The van der Waals surface area contributed by atoms with Gasteiger partial charge in [0.25, 0.3) is 0 Å². The van der Waals surface area contributed by atoms with Crippen LogP contribution >= 0.6 is 0 Å². The summed E-state index contributed by atoms with van der Waals surface area (Å²) in [5, 5.41) is 15.2. The van der Waals surface area contributed by atoms with Crippen LogP contribution in [0.3, 0.4) is 0 Å². The minimum Gasteiger partial charge on any atom is -0.393 e. The maximum absolute atomic E-state index is 11.8. The summed E-state index contributed by atoms with van der Waals surface area (Å²) in [5.41, 5.74) is 0.451. The Labute approximate surface area is 125 Å². The normalized spacial score (nSPS) is 22.1. The highest BCUT2D eigenvalue weighted by Crippen LogP contribution is 2.24. The molecule has 1 heterocycles. The van der Waals surface area contributed by atoms with Crippen molar-refractivity contribution >= 4 is 11.7 Å². The Kier molecular flexibility index (Phi) is 4.77. The number of aliphatic hydroxyl groups excluding tert-OH is 1. The van der Waals surface area contributed by atoms with Gasteiger partial charge in [0.2, 0.25) is 0 Å². The summed E-state index contributed by atoms with van der Waals surface area (Å²) in [4.78, 5) is 20.3. The monoisotopic (exact) mass is 292 g/mol. The molecule has 2 rings (SSSR count). The Balaban J connectivity index is 1.82. The van der Waals surface area contributed by atoms with Crippen LogP contribution in [0.15, 0.2) is 12.4 Å². The van der Waals surface area contributed by atoms with E-state index >= 15 is 0 Å². The quantitative estimate of drug-likeness (QED) is 0.795. The Hall–Kier alpha value is -1.69. The third-order valence-corrected chi connectivity index (χ3v) is 3.72. The van der Waals surface area contributed by atoms with Gasteiger partial charge in [-0.1, -0.05) is 27.2 Å². The predicted molar refractivity (Wildman–Crippen MR) is 81.1 cm³/mol. The van der Waals surface area contributed by atoms with Crippen molar-refractivity contribution in [2.75, 3.05) is 11.9 Å². The number of anilines is 1. The summed E-state index contributed by atoms with van der Waals surface area (Å²) in [7, 11) is 0. The van der Waals surface area contributed by atoms with Crippen LogP contribution in [0.5, 0.6) is 0 Å². The number of aliphatic hydroxyl groups is 1. The number of nitrogens with zero attached hydrogens (tertiary/aromatic N) is 2. The zero-order valence-corrected chi connectivity index (χ0v) is 12.9. The lowest BCUT2D eigenvalue weighted by molar-refractivity contribution is 0.133. The molecule has 116 valence electrons. The molecule has 6 nitrogen and oxygen atoms in total. The van der Waals surface area contributed by atoms with Gasteiger partial charge in [-0.05, 0) is 12.8 Å². The van der Waals surface area contributed by atoms with Crippen LogP contribution in [-0.4, -0.2) is 33.8 Å². The van der Waals surface area contributed by atoms with E-state index in [2.05, 4.69) is 20.6 Å². The fraction of sp³-hybridized carbons (Fsp3) is 0.667. The van der Waals surface area contributed by atoms with Crippen LogP contribution in [0.2, 0.25) is 0 Å². The number of hydrogen-bond acceptors (Lipinski definition) is 4. The molecule has 21 heavy (non-hydrogen) atoms. The van der Waals surface area contributed by atoms with Gasteiger partial charge < -0.3 is 15.7 Å². The molecule has 0 spiro atoms. The van der Waals surface area contributed by atoms with Crippen molar-refractivity contribution < 1.29 is 9.90 Å². The lowest BCUT2D eigenvalue weighted by atomic mass is 9.96. The first-order valence-corrected chi connectivity index (χ1v) is 7.41. The second-order valence-electron chi connectivity index (χ2n) is 6.64. The number of carbonyl (C=O) groups is 1. The van der Waals surface area contributed by atoms with Crippen LogP contribution in [0.25, 0.3) is 0 Å². The molecule has 0 aromatic carbocycles. The van der Waals surface area contributed by atoms with E-state index in [1.54, 1.807) is 12.4 Å². The number of aromatic nitrogens is 2. The Morgan fingerprint density at radius 3 is 2.52 bits per heavy atom. The maximum Gasteiger partial charge on any atom is 0.319 e. The predicted octanol–water partition coefficient (Wildman–Crippen LogP) is 2.06. The van der Waals surface area contributed by atoms with Crippen molar-refractivity contribution in [2.45, 2.75) is 51.6 Å². The third kappa shape index (κ3) is 4.39. The molecule has 1 fully saturated rings. The average molecular weight is 292 g/mol. The fourth-order valence-electron chi connectivity index (χ4n) is 2.43. The van der Waals surface area contributed by atoms with Crippen LogP contribution < -0.4 is 10.6 Å². The smallest absolute Gasteiger partial charge is 0.319 e. The van der Waals surface area contributed by atoms with Gasteiger partial charge in [-0.15, -0.1) is 0 Å². The summed E-state index contributed by atoms with van der Waals surface area (Å²) in [5.74, 6) is 0.901. The molecular formula is C15H24N4O2. The van der Waals surface area contributed by atoms with E-state index < -0.39 is 0 Å². The number of amides is 2. The van der Waals surface area contributed by atoms with Gasteiger partial charge in [-0.2, -0.15) is 0 Å². The second-order valence-corrected chi connectivity index (χ2v) is 6.64. The number of nitrogens with one attached hydrogen (secondary N) is 2. The van der Waals surface area contributed by atoms with Crippen molar-refractivity contribution in [3.8, 4) is 0 Å². The van der Waals surface area contributed by atoms with Gasteiger partial charge >= 0.3 is 6.03 Å². The molecule has 1 aliphatic carbocycles.